The van der Waals surface area contributed by atoms with Crippen LogP contribution >= 0.6 is 11.3 Å². The molecule has 21 heavy (non-hydrogen) atoms. The highest BCUT2D eigenvalue weighted by molar-refractivity contribution is 7.17. The van der Waals surface area contributed by atoms with Crippen LogP contribution in [0.15, 0.2) is 29.6 Å². The van der Waals surface area contributed by atoms with Crippen molar-refractivity contribution in [1.29, 1.82) is 0 Å². The fraction of sp³-hybridized carbons (Fsp3) is 0.471. The van der Waals surface area contributed by atoms with Gasteiger partial charge in [0.2, 0.25) is 0 Å². The number of carbonyl (C=O) groups excluding carboxylic acids is 1. The number of nitrogens with zero attached hydrogens (tertiary/aromatic N) is 1. The molecule has 0 aliphatic carbocycles. The number of hydrogen-bond acceptors (Lipinski definition) is 3. The molecule has 0 bridgehead atoms. The summed E-state index contributed by atoms with van der Waals surface area (Å²) >= 11 is 1.66. The van der Waals surface area contributed by atoms with Gasteiger partial charge >= 0.3 is 0 Å². The molecule has 1 amide bonds. The van der Waals surface area contributed by atoms with Gasteiger partial charge in [-0.1, -0.05) is 18.2 Å². The summed E-state index contributed by atoms with van der Waals surface area (Å²) < 4.78 is 1.19. The zero-order chi connectivity index (χ0) is 14.7. The summed E-state index contributed by atoms with van der Waals surface area (Å²) in [5.74, 6) is 0.827. The van der Waals surface area contributed by atoms with Gasteiger partial charge in [-0.25, -0.2) is 0 Å². The molecule has 0 atom stereocenters. The molecule has 0 saturated carbocycles. The number of nitrogens with one attached hydrogen (secondary N) is 1. The van der Waals surface area contributed by atoms with Crippen molar-refractivity contribution in [3.05, 3.63) is 35.2 Å². The Labute approximate surface area is 130 Å². The first-order valence-corrected chi connectivity index (χ1v) is 8.63. The second-order valence-corrected chi connectivity index (χ2v) is 6.59. The van der Waals surface area contributed by atoms with Crippen LogP contribution < -0.4 is 5.32 Å². The van der Waals surface area contributed by atoms with Crippen LogP contribution in [0.2, 0.25) is 0 Å². The van der Waals surface area contributed by atoms with Crippen LogP contribution in [0.4, 0.5) is 0 Å². The number of fused-ring (bicyclic) bond motifs is 1. The van der Waals surface area contributed by atoms with E-state index in [9.17, 15) is 4.79 Å². The number of piperidine rings is 1. The lowest BCUT2D eigenvalue weighted by Crippen LogP contribution is -2.39. The zero-order valence-electron chi connectivity index (χ0n) is 12.5. The van der Waals surface area contributed by atoms with E-state index < -0.39 is 0 Å². The third-order valence-corrected chi connectivity index (χ3v) is 5.28. The predicted molar refractivity (Wildman–Crippen MR) is 89.0 cm³/mol. The molecule has 1 aromatic heterocycles. The van der Waals surface area contributed by atoms with Crippen molar-refractivity contribution in [3.8, 4) is 0 Å². The molecule has 1 saturated heterocycles. The van der Waals surface area contributed by atoms with Gasteiger partial charge in [-0.2, -0.15) is 0 Å². The van der Waals surface area contributed by atoms with Gasteiger partial charge in [0, 0.05) is 28.6 Å². The highest BCUT2D eigenvalue weighted by Crippen LogP contribution is 2.27. The van der Waals surface area contributed by atoms with Crippen molar-refractivity contribution in [1.82, 2.24) is 10.2 Å². The van der Waals surface area contributed by atoms with Crippen molar-refractivity contribution in [2.24, 2.45) is 5.92 Å². The molecule has 2 aromatic rings. The smallest absolute Gasteiger partial charge is 0.255 e. The molecule has 0 spiro atoms. The monoisotopic (exact) mass is 302 g/mol. The zero-order valence-corrected chi connectivity index (χ0v) is 13.3. The van der Waals surface area contributed by atoms with Crippen LogP contribution in [-0.4, -0.2) is 37.0 Å². The van der Waals surface area contributed by atoms with E-state index in [4.69, 9.17) is 0 Å². The third-order valence-electron chi connectivity index (χ3n) is 4.32. The van der Waals surface area contributed by atoms with Crippen LogP contribution in [0.1, 0.15) is 30.1 Å². The molecule has 1 fully saturated rings. The summed E-state index contributed by atoms with van der Waals surface area (Å²) in [6.45, 7) is 5.91. The van der Waals surface area contributed by atoms with Gasteiger partial charge in [0.1, 0.15) is 0 Å². The average Bonchev–Trinajstić information content (AvgIpc) is 2.97. The minimum atomic E-state index is 0.188. The first-order valence-electron chi connectivity index (χ1n) is 7.75. The third kappa shape index (κ3) is 3.11. The van der Waals surface area contributed by atoms with E-state index in [1.165, 1.54) is 17.5 Å². The van der Waals surface area contributed by atoms with E-state index in [0.717, 1.165) is 37.1 Å². The molecule has 112 valence electrons. The number of amides is 1. The lowest BCUT2D eigenvalue weighted by molar-refractivity contribution is 0.0729. The molecule has 2 heterocycles. The maximum atomic E-state index is 12.8. The highest BCUT2D eigenvalue weighted by Gasteiger charge is 2.22. The first-order chi connectivity index (χ1) is 10.3. The molecular formula is C17H22N2OS. The van der Waals surface area contributed by atoms with Crippen LogP contribution in [0.5, 0.6) is 0 Å². The van der Waals surface area contributed by atoms with Gasteiger partial charge in [0.05, 0.1) is 5.56 Å². The minimum Gasteiger partial charge on any atom is -0.339 e. The fourth-order valence-electron chi connectivity index (χ4n) is 3.05. The van der Waals surface area contributed by atoms with E-state index in [0.29, 0.717) is 5.92 Å². The SMILES string of the molecule is CCN(CC1CCNCC1)C(=O)c1csc2ccccc12. The standard InChI is InChI=1S/C17H22N2OS/c1-2-19(11-13-7-9-18-10-8-13)17(20)15-12-21-16-6-4-3-5-14(15)16/h3-6,12-13,18H,2,7-11H2,1H3. The summed E-state index contributed by atoms with van der Waals surface area (Å²) in [7, 11) is 0. The Morgan fingerprint density at radius 1 is 1.33 bits per heavy atom. The largest absolute Gasteiger partial charge is 0.339 e. The molecule has 3 nitrogen and oxygen atoms in total. The van der Waals surface area contributed by atoms with Gasteiger partial charge in [-0.15, -0.1) is 11.3 Å². The maximum absolute atomic E-state index is 12.8. The normalized spacial score (nSPS) is 16.2. The highest BCUT2D eigenvalue weighted by atomic mass is 32.1. The van der Waals surface area contributed by atoms with Crippen molar-refractivity contribution in [3.63, 3.8) is 0 Å². The van der Waals surface area contributed by atoms with Gasteiger partial charge < -0.3 is 10.2 Å². The molecular weight excluding hydrogens is 280 g/mol. The Balaban J connectivity index is 1.78. The van der Waals surface area contributed by atoms with E-state index in [1.54, 1.807) is 11.3 Å². The second-order valence-electron chi connectivity index (χ2n) is 5.68. The van der Waals surface area contributed by atoms with Crippen molar-refractivity contribution >= 4 is 27.3 Å². The van der Waals surface area contributed by atoms with Crippen LogP contribution in [0.25, 0.3) is 10.1 Å². The Kier molecular flexibility index (Phi) is 4.56. The quantitative estimate of drug-likeness (QED) is 0.939. The number of hydrogen-bond donors (Lipinski definition) is 1. The predicted octanol–water partition coefficient (Wildman–Crippen LogP) is 3.36. The van der Waals surface area contributed by atoms with Crippen LogP contribution in [0.3, 0.4) is 0 Å². The summed E-state index contributed by atoms with van der Waals surface area (Å²) in [5.41, 5.74) is 0.867. The van der Waals surface area contributed by atoms with Gasteiger partial charge in [0.15, 0.2) is 0 Å². The molecule has 0 radical (unpaired) electrons. The summed E-state index contributed by atoms with van der Waals surface area (Å²) in [5, 5.41) is 6.49. The molecule has 1 aromatic carbocycles. The Bertz CT molecular complexity index is 616. The van der Waals surface area contributed by atoms with Crippen molar-refractivity contribution < 1.29 is 4.79 Å². The molecule has 1 aliphatic heterocycles. The van der Waals surface area contributed by atoms with Crippen molar-refractivity contribution in [2.75, 3.05) is 26.2 Å². The van der Waals surface area contributed by atoms with E-state index >= 15 is 0 Å². The lowest BCUT2D eigenvalue weighted by Gasteiger charge is -2.29. The molecule has 4 heteroatoms. The van der Waals surface area contributed by atoms with Gasteiger partial charge in [0.25, 0.3) is 5.91 Å². The van der Waals surface area contributed by atoms with Gasteiger partial charge in [-0.05, 0) is 44.8 Å². The van der Waals surface area contributed by atoms with E-state index in [1.807, 2.05) is 22.4 Å². The average molecular weight is 302 g/mol. The second kappa shape index (κ2) is 6.58. The van der Waals surface area contributed by atoms with Crippen LogP contribution in [0, 0.1) is 5.92 Å². The fourth-order valence-corrected chi connectivity index (χ4v) is 3.98. The minimum absolute atomic E-state index is 0.188. The Morgan fingerprint density at radius 2 is 2.10 bits per heavy atom. The first kappa shape index (κ1) is 14.5. The van der Waals surface area contributed by atoms with Crippen molar-refractivity contribution in [2.45, 2.75) is 19.8 Å². The molecule has 1 aliphatic rings. The summed E-state index contributed by atoms with van der Waals surface area (Å²) in [4.78, 5) is 14.9. The molecule has 1 N–H and O–H groups in total. The van der Waals surface area contributed by atoms with Gasteiger partial charge in [-0.3, -0.25) is 4.79 Å². The molecule has 3 rings (SSSR count). The summed E-state index contributed by atoms with van der Waals surface area (Å²) in [6.07, 6.45) is 2.35. The molecule has 0 unspecified atom stereocenters. The Morgan fingerprint density at radius 3 is 2.86 bits per heavy atom. The summed E-state index contributed by atoms with van der Waals surface area (Å²) in [6, 6.07) is 8.17. The van der Waals surface area contributed by atoms with E-state index in [2.05, 4.69) is 24.4 Å². The maximum Gasteiger partial charge on any atom is 0.255 e. The van der Waals surface area contributed by atoms with Crippen LogP contribution in [-0.2, 0) is 0 Å². The number of rotatable bonds is 4. The number of benzene rings is 1. The number of thiophene rings is 1. The van der Waals surface area contributed by atoms with E-state index in [-0.39, 0.29) is 5.91 Å². The lowest BCUT2D eigenvalue weighted by atomic mass is 9.97. The Hall–Kier alpha value is -1.39. The number of carbonyl (C=O) groups is 1. The topological polar surface area (TPSA) is 32.3 Å².